The highest BCUT2D eigenvalue weighted by molar-refractivity contribution is 5.87. The molecule has 0 fully saturated rings. The molecule has 1 aromatic carbocycles. The summed E-state index contributed by atoms with van der Waals surface area (Å²) >= 11 is 0. The van der Waals surface area contributed by atoms with Crippen molar-refractivity contribution in [3.63, 3.8) is 0 Å². The molecule has 3 heterocycles. The lowest BCUT2D eigenvalue weighted by Gasteiger charge is -2.04. The van der Waals surface area contributed by atoms with Gasteiger partial charge in [-0.05, 0) is 30.3 Å². The standard InChI is InChI=1S/C16H13FN6/c1-22-8-13(15(21-22)10-2-4-11(17)5-3-10)12-6-7-19-23-9-14(18)20-16(12)23/h2-9H,18H2,1H3/i1D3. The van der Waals surface area contributed by atoms with Crippen LogP contribution in [0.5, 0.6) is 0 Å². The van der Waals surface area contributed by atoms with Crippen LogP contribution < -0.4 is 5.73 Å². The number of nitrogens with two attached hydrogens (primary N) is 1. The SMILES string of the molecule is [2H]C([2H])([2H])n1cc(-c2ccnn3cc(N)nc23)c(-c2ccc(F)cc2)n1. The fourth-order valence-electron chi connectivity index (χ4n) is 2.52. The normalized spacial score (nSPS) is 13.7. The summed E-state index contributed by atoms with van der Waals surface area (Å²) in [6.45, 7) is -2.45. The van der Waals surface area contributed by atoms with E-state index < -0.39 is 12.8 Å². The maximum atomic E-state index is 13.3. The largest absolute Gasteiger partial charge is 0.382 e. The molecule has 0 spiro atoms. The van der Waals surface area contributed by atoms with E-state index in [1.54, 1.807) is 30.6 Å². The van der Waals surface area contributed by atoms with Gasteiger partial charge >= 0.3 is 0 Å². The number of hydrogen-bond donors (Lipinski definition) is 1. The number of fused-ring (bicyclic) bond motifs is 1. The van der Waals surface area contributed by atoms with Crippen LogP contribution in [-0.4, -0.2) is 24.4 Å². The van der Waals surface area contributed by atoms with Gasteiger partial charge in [-0.25, -0.2) is 13.9 Å². The van der Waals surface area contributed by atoms with E-state index in [-0.39, 0.29) is 5.82 Å². The van der Waals surface area contributed by atoms with Gasteiger partial charge in [-0.1, -0.05) is 0 Å². The van der Waals surface area contributed by atoms with E-state index in [2.05, 4.69) is 15.2 Å². The van der Waals surface area contributed by atoms with E-state index in [4.69, 9.17) is 9.85 Å². The molecular formula is C16H13FN6. The van der Waals surface area contributed by atoms with Crippen molar-refractivity contribution in [3.05, 3.63) is 54.7 Å². The second-order valence-corrected chi connectivity index (χ2v) is 5.02. The van der Waals surface area contributed by atoms with Gasteiger partial charge < -0.3 is 5.73 Å². The van der Waals surface area contributed by atoms with Gasteiger partial charge in [0, 0.05) is 40.2 Å². The van der Waals surface area contributed by atoms with Crippen LogP contribution in [0.2, 0.25) is 0 Å². The van der Waals surface area contributed by atoms with Crippen LogP contribution in [-0.2, 0) is 6.98 Å². The molecule has 4 aromatic rings. The van der Waals surface area contributed by atoms with E-state index in [9.17, 15) is 4.39 Å². The number of aromatic nitrogens is 5. The van der Waals surface area contributed by atoms with Crippen molar-refractivity contribution < 1.29 is 8.50 Å². The summed E-state index contributed by atoms with van der Waals surface area (Å²) in [4.78, 5) is 4.25. The lowest BCUT2D eigenvalue weighted by Crippen LogP contribution is -1.92. The second-order valence-electron chi connectivity index (χ2n) is 5.02. The predicted octanol–water partition coefficient (Wildman–Crippen LogP) is 2.52. The van der Waals surface area contributed by atoms with Crippen molar-refractivity contribution in [3.8, 4) is 22.4 Å². The van der Waals surface area contributed by atoms with Crippen LogP contribution in [0, 0.1) is 5.82 Å². The van der Waals surface area contributed by atoms with Gasteiger partial charge in [0.05, 0.1) is 6.20 Å². The topological polar surface area (TPSA) is 74.0 Å². The highest BCUT2D eigenvalue weighted by Gasteiger charge is 2.16. The maximum Gasteiger partial charge on any atom is 0.163 e. The van der Waals surface area contributed by atoms with Crippen LogP contribution in [0.4, 0.5) is 10.2 Å². The van der Waals surface area contributed by atoms with Gasteiger partial charge in [-0.2, -0.15) is 10.2 Å². The summed E-state index contributed by atoms with van der Waals surface area (Å²) in [5, 5.41) is 8.36. The average molecular weight is 311 g/mol. The fraction of sp³-hybridized carbons (Fsp3) is 0.0625. The van der Waals surface area contributed by atoms with Crippen molar-refractivity contribution in [1.29, 1.82) is 0 Å². The van der Waals surface area contributed by atoms with Crippen LogP contribution >= 0.6 is 0 Å². The maximum absolute atomic E-state index is 13.3. The number of hydrogen-bond acceptors (Lipinski definition) is 4. The Balaban J connectivity index is 2.00. The van der Waals surface area contributed by atoms with Gasteiger partial charge in [0.15, 0.2) is 5.65 Å². The van der Waals surface area contributed by atoms with Gasteiger partial charge in [0.1, 0.15) is 17.3 Å². The summed E-state index contributed by atoms with van der Waals surface area (Å²) in [5.41, 5.74) is 8.36. The van der Waals surface area contributed by atoms with E-state index in [0.717, 1.165) is 4.68 Å². The Labute approximate surface area is 135 Å². The third-order valence-corrected chi connectivity index (χ3v) is 3.50. The minimum absolute atomic E-state index is 0.288. The molecule has 4 rings (SSSR count). The number of benzene rings is 1. The van der Waals surface area contributed by atoms with E-state index in [1.807, 2.05) is 0 Å². The summed E-state index contributed by atoms with van der Waals surface area (Å²) in [6, 6.07) is 7.38. The molecule has 0 bridgehead atoms. The Morgan fingerprint density at radius 1 is 1.13 bits per heavy atom. The van der Waals surface area contributed by atoms with Gasteiger partial charge in [-0.3, -0.25) is 4.68 Å². The molecule has 114 valence electrons. The van der Waals surface area contributed by atoms with Gasteiger partial charge in [0.2, 0.25) is 0 Å². The number of imidazole rings is 1. The first-order valence-corrected chi connectivity index (χ1v) is 6.79. The van der Waals surface area contributed by atoms with Crippen LogP contribution in [0.15, 0.2) is 48.9 Å². The smallest absolute Gasteiger partial charge is 0.163 e. The predicted molar refractivity (Wildman–Crippen MR) is 85.0 cm³/mol. The second kappa shape index (κ2) is 4.91. The molecule has 0 saturated heterocycles. The first-order chi connectivity index (χ1) is 12.3. The molecule has 0 atom stereocenters. The molecule has 6 nitrogen and oxygen atoms in total. The minimum atomic E-state index is -2.45. The summed E-state index contributed by atoms with van der Waals surface area (Å²) in [5.74, 6) is -0.102. The molecule has 0 saturated carbocycles. The van der Waals surface area contributed by atoms with Gasteiger partial charge in [-0.15, -0.1) is 0 Å². The van der Waals surface area contributed by atoms with Crippen molar-refractivity contribution in [2.75, 3.05) is 5.73 Å². The van der Waals surface area contributed by atoms with E-state index >= 15 is 0 Å². The number of halogens is 1. The molecule has 3 aromatic heterocycles. The molecule has 0 aliphatic carbocycles. The van der Waals surface area contributed by atoms with Crippen LogP contribution in [0.1, 0.15) is 4.11 Å². The van der Waals surface area contributed by atoms with Crippen molar-refractivity contribution in [2.24, 2.45) is 6.98 Å². The molecule has 0 unspecified atom stereocenters. The van der Waals surface area contributed by atoms with Gasteiger partial charge in [0.25, 0.3) is 0 Å². The van der Waals surface area contributed by atoms with Crippen LogP contribution in [0.3, 0.4) is 0 Å². The molecular weight excluding hydrogens is 295 g/mol. The highest BCUT2D eigenvalue weighted by atomic mass is 19.1. The molecule has 23 heavy (non-hydrogen) atoms. The van der Waals surface area contributed by atoms with Crippen molar-refractivity contribution in [1.82, 2.24) is 24.4 Å². The summed E-state index contributed by atoms with van der Waals surface area (Å²) in [7, 11) is 0. The lowest BCUT2D eigenvalue weighted by atomic mass is 10.0. The van der Waals surface area contributed by atoms with Crippen LogP contribution in [0.25, 0.3) is 28.0 Å². The quantitative estimate of drug-likeness (QED) is 0.617. The first-order valence-electron chi connectivity index (χ1n) is 8.29. The minimum Gasteiger partial charge on any atom is -0.382 e. The average Bonchev–Trinajstić information content (AvgIpc) is 3.17. The Hall–Kier alpha value is -3.22. The number of rotatable bonds is 2. The number of aryl methyl sites for hydroxylation is 1. The zero-order chi connectivity index (χ0) is 18.5. The van der Waals surface area contributed by atoms with Crippen molar-refractivity contribution >= 4 is 11.5 Å². The zero-order valence-corrected chi connectivity index (χ0v) is 11.8. The fourth-order valence-corrected chi connectivity index (χ4v) is 2.52. The third kappa shape index (κ3) is 2.22. The number of nitrogen functional groups attached to an aromatic ring is 1. The third-order valence-electron chi connectivity index (χ3n) is 3.50. The summed E-state index contributed by atoms with van der Waals surface area (Å²) in [6.07, 6.45) is 4.54. The Morgan fingerprint density at radius 3 is 2.74 bits per heavy atom. The monoisotopic (exact) mass is 311 g/mol. The Kier molecular flexibility index (Phi) is 2.24. The number of anilines is 1. The molecule has 0 aliphatic rings. The number of nitrogens with zero attached hydrogens (tertiary/aromatic N) is 5. The molecule has 7 heteroatoms. The molecule has 0 amide bonds. The van der Waals surface area contributed by atoms with E-state index in [0.29, 0.717) is 28.0 Å². The summed E-state index contributed by atoms with van der Waals surface area (Å²) < 4.78 is 38.6. The molecule has 2 N–H and O–H groups in total. The first kappa shape index (κ1) is 10.5. The molecule has 0 radical (unpaired) electrons. The zero-order valence-electron chi connectivity index (χ0n) is 14.8. The highest BCUT2D eigenvalue weighted by Crippen LogP contribution is 2.33. The Morgan fingerprint density at radius 2 is 1.96 bits per heavy atom. The lowest BCUT2D eigenvalue weighted by molar-refractivity contribution is 0.628. The molecule has 0 aliphatic heterocycles. The Bertz CT molecular complexity index is 1100. The van der Waals surface area contributed by atoms with E-state index in [1.165, 1.54) is 22.8 Å². The van der Waals surface area contributed by atoms with Crippen molar-refractivity contribution in [2.45, 2.75) is 0 Å².